The summed E-state index contributed by atoms with van der Waals surface area (Å²) >= 11 is 0. The van der Waals surface area contributed by atoms with Gasteiger partial charge in [-0.1, -0.05) is 48.7 Å². The molecule has 0 unspecified atom stereocenters. The molecule has 1 fully saturated rings. The number of amides is 2. The van der Waals surface area contributed by atoms with Gasteiger partial charge in [-0.3, -0.25) is 9.59 Å². The summed E-state index contributed by atoms with van der Waals surface area (Å²) < 4.78 is 6.89. The first kappa shape index (κ1) is 21.8. The number of methoxy groups -OCH3 is 1. The van der Waals surface area contributed by atoms with Crippen molar-refractivity contribution in [2.24, 2.45) is 0 Å². The van der Waals surface area contributed by atoms with E-state index in [1.54, 1.807) is 16.7 Å². The van der Waals surface area contributed by atoms with Crippen molar-refractivity contribution in [2.45, 2.75) is 51.2 Å². The van der Waals surface area contributed by atoms with Crippen LogP contribution in [0.1, 0.15) is 37.7 Å². The Morgan fingerprint density at radius 2 is 1.94 bits per heavy atom. The molecule has 0 atom stereocenters. The Balaban J connectivity index is 1.49. The average molecular weight is 436 g/mol. The Morgan fingerprint density at radius 3 is 2.75 bits per heavy atom. The minimum atomic E-state index is -0.192. The Bertz CT molecular complexity index is 1070. The minimum absolute atomic E-state index is 0.000821. The molecule has 2 aromatic carbocycles. The van der Waals surface area contributed by atoms with Gasteiger partial charge in [0.2, 0.25) is 11.8 Å². The van der Waals surface area contributed by atoms with E-state index < -0.39 is 0 Å². The fourth-order valence-electron chi connectivity index (χ4n) is 4.18. The molecular weight excluding hydrogens is 406 g/mol. The van der Waals surface area contributed by atoms with Gasteiger partial charge in [0.1, 0.15) is 17.8 Å². The number of para-hydroxylation sites is 1. The first-order valence-corrected chi connectivity index (χ1v) is 11.1. The Kier molecular flexibility index (Phi) is 6.99. The van der Waals surface area contributed by atoms with Crippen molar-refractivity contribution in [3.8, 4) is 5.75 Å². The van der Waals surface area contributed by atoms with Gasteiger partial charge in [0.15, 0.2) is 0 Å². The van der Waals surface area contributed by atoms with E-state index in [4.69, 9.17) is 4.74 Å². The number of rotatable bonds is 8. The molecule has 3 aromatic rings. The van der Waals surface area contributed by atoms with Gasteiger partial charge in [-0.2, -0.15) is 0 Å². The second-order valence-electron chi connectivity index (χ2n) is 8.24. The van der Waals surface area contributed by atoms with E-state index in [1.165, 1.54) is 6.42 Å². The molecule has 1 saturated carbocycles. The Labute approximate surface area is 187 Å². The van der Waals surface area contributed by atoms with Crippen LogP contribution < -0.4 is 10.1 Å². The number of carbonyl (C=O) groups is 2. The predicted molar refractivity (Wildman–Crippen MR) is 121 cm³/mol. The summed E-state index contributed by atoms with van der Waals surface area (Å²) in [6, 6.07) is 15.2. The molecule has 0 radical (unpaired) electrons. The van der Waals surface area contributed by atoms with E-state index >= 15 is 0 Å². The number of carbonyl (C=O) groups excluding carboxylic acids is 2. The van der Waals surface area contributed by atoms with E-state index in [2.05, 4.69) is 15.6 Å². The molecule has 32 heavy (non-hydrogen) atoms. The van der Waals surface area contributed by atoms with Crippen LogP contribution in [0.4, 0.5) is 0 Å². The third-order valence-electron chi connectivity index (χ3n) is 5.87. The number of hydrogen-bond acceptors (Lipinski definition) is 5. The van der Waals surface area contributed by atoms with Crippen molar-refractivity contribution in [2.75, 3.05) is 13.7 Å². The summed E-state index contributed by atoms with van der Waals surface area (Å²) in [7, 11) is 1.61. The Morgan fingerprint density at radius 1 is 1.12 bits per heavy atom. The fraction of sp³-hybridized carbons (Fsp3) is 0.417. The maximum absolute atomic E-state index is 13.3. The SMILES string of the molecule is COc1cccc(CN(CC(=O)NC2CCCCC2)C(=O)Cn2nnc3ccccc32)c1. The van der Waals surface area contributed by atoms with E-state index in [0.717, 1.165) is 42.3 Å². The Hall–Kier alpha value is -3.42. The zero-order valence-electron chi connectivity index (χ0n) is 18.4. The van der Waals surface area contributed by atoms with Gasteiger partial charge in [0.25, 0.3) is 0 Å². The number of benzene rings is 2. The van der Waals surface area contributed by atoms with Crippen molar-refractivity contribution in [3.63, 3.8) is 0 Å². The lowest BCUT2D eigenvalue weighted by Crippen LogP contribution is -2.45. The van der Waals surface area contributed by atoms with E-state index in [0.29, 0.717) is 12.3 Å². The number of ether oxygens (including phenoxy) is 1. The molecule has 1 aliphatic carbocycles. The lowest BCUT2D eigenvalue weighted by molar-refractivity contribution is -0.137. The normalized spacial score (nSPS) is 14.3. The van der Waals surface area contributed by atoms with E-state index in [1.807, 2.05) is 48.5 Å². The number of nitrogens with one attached hydrogen (secondary N) is 1. The highest BCUT2D eigenvalue weighted by molar-refractivity contribution is 5.85. The van der Waals surface area contributed by atoms with Crippen LogP contribution in [-0.2, 0) is 22.7 Å². The molecule has 4 rings (SSSR count). The van der Waals surface area contributed by atoms with Crippen molar-refractivity contribution in [1.29, 1.82) is 0 Å². The lowest BCUT2D eigenvalue weighted by atomic mass is 9.95. The first-order valence-electron chi connectivity index (χ1n) is 11.1. The summed E-state index contributed by atoms with van der Waals surface area (Å²) in [5.41, 5.74) is 2.41. The molecule has 1 heterocycles. The lowest BCUT2D eigenvalue weighted by Gasteiger charge is -2.26. The third-order valence-corrected chi connectivity index (χ3v) is 5.87. The molecule has 0 aliphatic heterocycles. The standard InChI is InChI=1S/C24H29N5O3/c1-32-20-11-7-8-18(14-20)15-28(16-23(30)25-19-9-3-2-4-10-19)24(31)17-29-22-13-6-5-12-21(22)26-27-29/h5-8,11-14,19H,2-4,9-10,15-17H2,1H3,(H,25,30). The number of aromatic nitrogens is 3. The molecule has 8 heteroatoms. The summed E-state index contributed by atoms with van der Waals surface area (Å²) in [6.45, 7) is 0.321. The van der Waals surface area contributed by atoms with Crippen molar-refractivity contribution in [1.82, 2.24) is 25.2 Å². The molecule has 1 aromatic heterocycles. The molecule has 0 saturated heterocycles. The van der Waals surface area contributed by atoms with Gasteiger partial charge in [0.05, 0.1) is 19.2 Å². The van der Waals surface area contributed by atoms with Gasteiger partial charge in [0, 0.05) is 12.6 Å². The largest absolute Gasteiger partial charge is 0.497 e. The van der Waals surface area contributed by atoms with Crippen LogP contribution in [0.3, 0.4) is 0 Å². The van der Waals surface area contributed by atoms with Crippen molar-refractivity contribution >= 4 is 22.8 Å². The first-order chi connectivity index (χ1) is 15.6. The quantitative estimate of drug-likeness (QED) is 0.588. The number of fused-ring (bicyclic) bond motifs is 1. The molecule has 1 N–H and O–H groups in total. The molecule has 168 valence electrons. The van der Waals surface area contributed by atoms with Crippen LogP contribution in [0.25, 0.3) is 11.0 Å². The smallest absolute Gasteiger partial charge is 0.245 e. The zero-order valence-corrected chi connectivity index (χ0v) is 18.4. The maximum atomic E-state index is 13.3. The van der Waals surface area contributed by atoms with Crippen LogP contribution in [0.5, 0.6) is 5.75 Å². The second kappa shape index (κ2) is 10.3. The van der Waals surface area contributed by atoms with Crippen molar-refractivity contribution in [3.05, 3.63) is 54.1 Å². The third kappa shape index (κ3) is 5.43. The summed E-state index contributed by atoms with van der Waals surface area (Å²) in [5, 5.41) is 11.4. The highest BCUT2D eigenvalue weighted by Gasteiger charge is 2.22. The highest BCUT2D eigenvalue weighted by Crippen LogP contribution is 2.18. The molecule has 8 nitrogen and oxygen atoms in total. The minimum Gasteiger partial charge on any atom is -0.497 e. The molecule has 0 bridgehead atoms. The van der Waals surface area contributed by atoms with Crippen LogP contribution in [-0.4, -0.2) is 51.4 Å². The summed E-state index contributed by atoms with van der Waals surface area (Å²) in [5.74, 6) is 0.391. The van der Waals surface area contributed by atoms with Gasteiger partial charge < -0.3 is 15.0 Å². The predicted octanol–water partition coefficient (Wildman–Crippen LogP) is 2.92. The van der Waals surface area contributed by atoms with Crippen molar-refractivity contribution < 1.29 is 14.3 Å². The van der Waals surface area contributed by atoms with Crippen LogP contribution >= 0.6 is 0 Å². The van der Waals surface area contributed by atoms with Gasteiger partial charge in [-0.05, 0) is 42.7 Å². The van der Waals surface area contributed by atoms with Crippen LogP contribution in [0, 0.1) is 0 Å². The van der Waals surface area contributed by atoms with Gasteiger partial charge >= 0.3 is 0 Å². The van der Waals surface area contributed by atoms with Gasteiger partial charge in [-0.15, -0.1) is 5.10 Å². The fourth-order valence-corrected chi connectivity index (χ4v) is 4.18. The monoisotopic (exact) mass is 435 g/mol. The number of hydrogen-bond donors (Lipinski definition) is 1. The topological polar surface area (TPSA) is 89.4 Å². The molecule has 2 amide bonds. The highest BCUT2D eigenvalue weighted by atomic mass is 16.5. The summed E-state index contributed by atoms with van der Waals surface area (Å²) in [6.07, 6.45) is 5.49. The van der Waals surface area contributed by atoms with Crippen LogP contribution in [0.2, 0.25) is 0 Å². The average Bonchev–Trinajstić information content (AvgIpc) is 3.22. The second-order valence-corrected chi connectivity index (χ2v) is 8.24. The number of nitrogens with zero attached hydrogens (tertiary/aromatic N) is 4. The summed E-state index contributed by atoms with van der Waals surface area (Å²) in [4.78, 5) is 27.6. The van der Waals surface area contributed by atoms with E-state index in [9.17, 15) is 9.59 Å². The zero-order chi connectivity index (χ0) is 22.3. The van der Waals surface area contributed by atoms with Gasteiger partial charge in [-0.25, -0.2) is 4.68 Å². The molecular formula is C24H29N5O3. The maximum Gasteiger partial charge on any atom is 0.245 e. The molecule has 0 spiro atoms. The molecule has 1 aliphatic rings. The van der Waals surface area contributed by atoms with Crippen LogP contribution in [0.15, 0.2) is 48.5 Å². The van der Waals surface area contributed by atoms with E-state index in [-0.39, 0.29) is 30.9 Å².